The van der Waals surface area contributed by atoms with E-state index < -0.39 is 10.0 Å². The van der Waals surface area contributed by atoms with E-state index in [1.54, 1.807) is 29.6 Å². The molecule has 0 radical (unpaired) electrons. The molecule has 1 aliphatic rings. The van der Waals surface area contributed by atoms with Crippen molar-refractivity contribution in [3.8, 4) is 5.75 Å². The van der Waals surface area contributed by atoms with E-state index in [2.05, 4.69) is 9.71 Å². The first-order valence-corrected chi connectivity index (χ1v) is 9.72. The topological polar surface area (TPSA) is 93.5 Å². The molecule has 8 nitrogen and oxygen atoms in total. The minimum absolute atomic E-state index is 0.0651. The fourth-order valence-electron chi connectivity index (χ4n) is 2.74. The minimum Gasteiger partial charge on any atom is -0.484 e. The maximum atomic E-state index is 12.5. The summed E-state index contributed by atoms with van der Waals surface area (Å²) < 4.78 is 32.6. The molecular formula is C16H20N4O4S. The molecule has 134 valence electrons. The van der Waals surface area contributed by atoms with Crippen LogP contribution < -0.4 is 9.46 Å². The van der Waals surface area contributed by atoms with Crippen LogP contribution in [0.5, 0.6) is 5.75 Å². The molecule has 1 atom stereocenters. The Morgan fingerprint density at radius 1 is 1.36 bits per heavy atom. The highest BCUT2D eigenvalue weighted by Crippen LogP contribution is 2.21. The molecule has 1 aliphatic heterocycles. The zero-order valence-corrected chi connectivity index (χ0v) is 14.6. The van der Waals surface area contributed by atoms with E-state index in [-0.39, 0.29) is 25.1 Å². The Bertz CT molecular complexity index is 835. The summed E-state index contributed by atoms with van der Waals surface area (Å²) >= 11 is 0. The Hall–Kier alpha value is -2.39. The van der Waals surface area contributed by atoms with Gasteiger partial charge in [-0.25, -0.2) is 18.1 Å². The van der Waals surface area contributed by atoms with E-state index in [4.69, 9.17) is 4.74 Å². The van der Waals surface area contributed by atoms with Crippen molar-refractivity contribution in [3.63, 3.8) is 0 Å². The molecule has 0 spiro atoms. The Labute approximate surface area is 146 Å². The van der Waals surface area contributed by atoms with Gasteiger partial charge in [-0.1, -0.05) is 18.2 Å². The number of imidazole rings is 1. The van der Waals surface area contributed by atoms with Gasteiger partial charge in [-0.15, -0.1) is 0 Å². The number of rotatable bonds is 6. The largest absolute Gasteiger partial charge is 0.484 e. The number of hydrogen-bond donors (Lipinski definition) is 1. The second kappa shape index (κ2) is 7.24. The summed E-state index contributed by atoms with van der Waals surface area (Å²) in [5.74, 6) is 0.480. The smallest absolute Gasteiger partial charge is 0.260 e. The van der Waals surface area contributed by atoms with Crippen LogP contribution in [0.25, 0.3) is 0 Å². The number of fused-ring (bicyclic) bond motifs is 1. The normalized spacial score (nSPS) is 17.2. The van der Waals surface area contributed by atoms with Crippen LogP contribution in [0, 0.1) is 0 Å². The molecule has 1 amide bonds. The number of benzene rings is 1. The summed E-state index contributed by atoms with van der Waals surface area (Å²) in [7, 11) is -3.30. The lowest BCUT2D eigenvalue weighted by atomic mass is 10.2. The van der Waals surface area contributed by atoms with E-state index in [0.29, 0.717) is 18.8 Å². The summed E-state index contributed by atoms with van der Waals surface area (Å²) in [6, 6.07) is 8.93. The number of carbonyl (C=O) groups is 1. The number of ether oxygens (including phenoxy) is 1. The SMILES string of the molecule is CS(=O)(=O)NC[C@H]1CN(C(=O)COc2ccccc2)Cc2cncn21. The Morgan fingerprint density at radius 3 is 2.84 bits per heavy atom. The van der Waals surface area contributed by atoms with Crippen LogP contribution >= 0.6 is 0 Å². The highest BCUT2D eigenvalue weighted by molar-refractivity contribution is 7.88. The number of nitrogens with one attached hydrogen (secondary N) is 1. The molecule has 2 heterocycles. The Kier molecular flexibility index (Phi) is 5.05. The van der Waals surface area contributed by atoms with Crippen molar-refractivity contribution >= 4 is 15.9 Å². The van der Waals surface area contributed by atoms with E-state index in [0.717, 1.165) is 11.9 Å². The Balaban J connectivity index is 1.65. The van der Waals surface area contributed by atoms with Crippen molar-refractivity contribution in [2.45, 2.75) is 12.6 Å². The van der Waals surface area contributed by atoms with E-state index in [9.17, 15) is 13.2 Å². The highest BCUT2D eigenvalue weighted by atomic mass is 32.2. The number of carbonyl (C=O) groups excluding carboxylic acids is 1. The van der Waals surface area contributed by atoms with Gasteiger partial charge in [0.1, 0.15) is 5.75 Å². The number of para-hydroxylation sites is 1. The van der Waals surface area contributed by atoms with Gasteiger partial charge in [-0.3, -0.25) is 4.79 Å². The third-order valence-electron chi connectivity index (χ3n) is 3.96. The Morgan fingerprint density at radius 2 is 2.12 bits per heavy atom. The fourth-order valence-corrected chi connectivity index (χ4v) is 3.23. The zero-order valence-electron chi connectivity index (χ0n) is 13.8. The van der Waals surface area contributed by atoms with Crippen molar-refractivity contribution in [2.24, 2.45) is 0 Å². The molecule has 0 bridgehead atoms. The molecular weight excluding hydrogens is 344 g/mol. The minimum atomic E-state index is -3.30. The summed E-state index contributed by atoms with van der Waals surface area (Å²) in [4.78, 5) is 18.2. The second-order valence-corrected chi connectivity index (χ2v) is 7.78. The van der Waals surface area contributed by atoms with E-state index in [1.807, 2.05) is 22.8 Å². The van der Waals surface area contributed by atoms with E-state index in [1.165, 1.54) is 0 Å². The van der Waals surface area contributed by atoms with Crippen LogP contribution in [0.4, 0.5) is 0 Å². The predicted octanol–water partition coefficient (Wildman–Crippen LogP) is 0.395. The maximum absolute atomic E-state index is 12.5. The zero-order chi connectivity index (χ0) is 17.9. The third kappa shape index (κ3) is 4.58. The standard InChI is InChI=1S/C16H20N4O4S/c1-25(22,23)18-8-14-10-19(9-13-7-17-12-20(13)14)16(21)11-24-15-5-3-2-4-6-15/h2-7,12,14,18H,8-11H2,1H3/t14-/m0/s1. The van der Waals surface area contributed by atoms with Crippen molar-refractivity contribution < 1.29 is 17.9 Å². The first-order chi connectivity index (χ1) is 11.9. The van der Waals surface area contributed by atoms with Crippen molar-refractivity contribution in [2.75, 3.05) is 26.0 Å². The third-order valence-corrected chi connectivity index (χ3v) is 4.65. The average molecular weight is 364 g/mol. The molecule has 1 aromatic heterocycles. The molecule has 0 saturated heterocycles. The monoisotopic (exact) mass is 364 g/mol. The molecule has 25 heavy (non-hydrogen) atoms. The summed E-state index contributed by atoms with van der Waals surface area (Å²) in [6.45, 7) is 0.950. The molecule has 0 fully saturated rings. The van der Waals surface area contributed by atoms with Crippen LogP contribution in [-0.2, 0) is 21.4 Å². The van der Waals surface area contributed by atoms with Gasteiger partial charge in [0, 0.05) is 19.3 Å². The summed E-state index contributed by atoms with van der Waals surface area (Å²) in [6.07, 6.45) is 4.46. The lowest BCUT2D eigenvalue weighted by molar-refractivity contribution is -0.135. The predicted molar refractivity (Wildman–Crippen MR) is 91.5 cm³/mol. The van der Waals surface area contributed by atoms with Crippen LogP contribution in [-0.4, -0.2) is 54.7 Å². The summed E-state index contributed by atoms with van der Waals surface area (Å²) in [5.41, 5.74) is 0.861. The van der Waals surface area contributed by atoms with Gasteiger partial charge in [0.15, 0.2) is 6.61 Å². The molecule has 2 aromatic rings. The number of sulfonamides is 1. The lowest BCUT2D eigenvalue weighted by Gasteiger charge is -2.34. The quantitative estimate of drug-likeness (QED) is 0.801. The molecule has 9 heteroatoms. The van der Waals surface area contributed by atoms with Crippen LogP contribution in [0.2, 0.25) is 0 Å². The van der Waals surface area contributed by atoms with Crippen LogP contribution in [0.3, 0.4) is 0 Å². The summed E-state index contributed by atoms with van der Waals surface area (Å²) in [5, 5.41) is 0. The molecule has 3 rings (SSSR count). The van der Waals surface area contributed by atoms with Gasteiger partial charge in [0.25, 0.3) is 5.91 Å². The molecule has 1 N–H and O–H groups in total. The number of aromatic nitrogens is 2. The van der Waals surface area contributed by atoms with E-state index >= 15 is 0 Å². The molecule has 0 aliphatic carbocycles. The van der Waals surface area contributed by atoms with Crippen LogP contribution in [0.15, 0.2) is 42.9 Å². The first-order valence-electron chi connectivity index (χ1n) is 7.83. The van der Waals surface area contributed by atoms with Gasteiger partial charge in [0.2, 0.25) is 10.0 Å². The van der Waals surface area contributed by atoms with Gasteiger partial charge in [-0.05, 0) is 12.1 Å². The maximum Gasteiger partial charge on any atom is 0.260 e. The van der Waals surface area contributed by atoms with Gasteiger partial charge in [0.05, 0.1) is 30.9 Å². The number of hydrogen-bond acceptors (Lipinski definition) is 5. The highest BCUT2D eigenvalue weighted by Gasteiger charge is 2.28. The van der Waals surface area contributed by atoms with Gasteiger partial charge >= 0.3 is 0 Å². The van der Waals surface area contributed by atoms with Crippen molar-refractivity contribution in [1.29, 1.82) is 0 Å². The van der Waals surface area contributed by atoms with Crippen LogP contribution in [0.1, 0.15) is 11.7 Å². The number of nitrogens with zero attached hydrogens (tertiary/aromatic N) is 3. The second-order valence-electron chi connectivity index (χ2n) is 5.94. The number of amides is 1. The molecule has 0 unspecified atom stereocenters. The first kappa shape index (κ1) is 17.4. The molecule has 0 saturated carbocycles. The van der Waals surface area contributed by atoms with Gasteiger partial charge < -0.3 is 14.2 Å². The van der Waals surface area contributed by atoms with Crippen molar-refractivity contribution in [1.82, 2.24) is 19.2 Å². The fraction of sp³-hybridized carbons (Fsp3) is 0.375. The molecule has 1 aromatic carbocycles. The average Bonchev–Trinajstić information content (AvgIpc) is 3.06. The van der Waals surface area contributed by atoms with Gasteiger partial charge in [-0.2, -0.15) is 0 Å². The lowest BCUT2D eigenvalue weighted by Crippen LogP contribution is -2.46. The van der Waals surface area contributed by atoms with Crippen molar-refractivity contribution in [3.05, 3.63) is 48.5 Å².